The maximum Gasteiger partial charge on any atom is 0.152 e. The number of carbonyl (C=O) groups excluding carboxylic acids is 1. The summed E-state index contributed by atoms with van der Waals surface area (Å²) in [5.41, 5.74) is 2.43. The lowest BCUT2D eigenvalue weighted by Crippen LogP contribution is -2.35. The van der Waals surface area contributed by atoms with Crippen molar-refractivity contribution in [1.29, 1.82) is 0 Å². The van der Waals surface area contributed by atoms with E-state index >= 15 is 0 Å². The van der Waals surface area contributed by atoms with Crippen molar-refractivity contribution in [2.45, 2.75) is 19.8 Å². The topological polar surface area (TPSA) is 20.3 Å². The Bertz CT molecular complexity index is 329. The third-order valence-corrected chi connectivity index (χ3v) is 2.65. The fourth-order valence-electron chi connectivity index (χ4n) is 1.81. The highest BCUT2D eigenvalue weighted by atomic mass is 16.1. The molecule has 14 heavy (non-hydrogen) atoms. The van der Waals surface area contributed by atoms with Gasteiger partial charge >= 0.3 is 0 Å². The maximum absolute atomic E-state index is 11.3. The summed E-state index contributed by atoms with van der Waals surface area (Å²) in [5.74, 6) is 0.358. The predicted molar refractivity (Wildman–Crippen MR) is 57.6 cm³/mol. The van der Waals surface area contributed by atoms with Crippen LogP contribution in [0.4, 0.5) is 5.69 Å². The Labute approximate surface area is 84.5 Å². The highest BCUT2D eigenvalue weighted by molar-refractivity contribution is 5.84. The van der Waals surface area contributed by atoms with Crippen molar-refractivity contribution in [3.8, 4) is 0 Å². The average molecular weight is 189 g/mol. The van der Waals surface area contributed by atoms with Crippen LogP contribution in [0.1, 0.15) is 18.4 Å². The van der Waals surface area contributed by atoms with Gasteiger partial charge in [-0.3, -0.25) is 4.79 Å². The zero-order valence-corrected chi connectivity index (χ0v) is 8.49. The molecule has 0 saturated carbocycles. The molecule has 1 heterocycles. The van der Waals surface area contributed by atoms with E-state index in [1.54, 1.807) is 0 Å². The van der Waals surface area contributed by atoms with Gasteiger partial charge in [0.15, 0.2) is 5.78 Å². The van der Waals surface area contributed by atoms with Gasteiger partial charge in [0.25, 0.3) is 0 Å². The van der Waals surface area contributed by atoms with E-state index in [1.165, 1.54) is 11.3 Å². The summed E-state index contributed by atoms with van der Waals surface area (Å²) in [6.07, 6.45) is 1.75. The highest BCUT2D eigenvalue weighted by Crippen LogP contribution is 2.18. The third-order valence-electron chi connectivity index (χ3n) is 2.65. The number of aryl methyl sites for hydroxylation is 1. The van der Waals surface area contributed by atoms with Gasteiger partial charge in [0.2, 0.25) is 0 Å². The molecule has 1 aromatic rings. The van der Waals surface area contributed by atoms with Crippen molar-refractivity contribution in [2.24, 2.45) is 0 Å². The van der Waals surface area contributed by atoms with E-state index in [4.69, 9.17) is 0 Å². The quantitative estimate of drug-likeness (QED) is 0.674. The molecule has 0 spiro atoms. The fraction of sp³-hybridized carbons (Fsp3) is 0.417. The largest absolute Gasteiger partial charge is 0.364 e. The van der Waals surface area contributed by atoms with Gasteiger partial charge in [-0.05, 0) is 25.5 Å². The first-order valence-electron chi connectivity index (χ1n) is 5.09. The molecule has 0 unspecified atom stereocenters. The first-order chi connectivity index (χ1) is 6.75. The lowest BCUT2D eigenvalue weighted by molar-refractivity contribution is -0.118. The Morgan fingerprint density at radius 1 is 1.21 bits per heavy atom. The van der Waals surface area contributed by atoms with Gasteiger partial charge in [-0.2, -0.15) is 0 Å². The summed E-state index contributed by atoms with van der Waals surface area (Å²) >= 11 is 0. The molecule has 0 atom stereocenters. The van der Waals surface area contributed by atoms with Crippen LogP contribution in [-0.4, -0.2) is 18.9 Å². The summed E-state index contributed by atoms with van der Waals surface area (Å²) < 4.78 is 0. The van der Waals surface area contributed by atoms with Crippen molar-refractivity contribution >= 4 is 11.5 Å². The normalized spacial score (nSPS) is 17.2. The van der Waals surface area contributed by atoms with E-state index in [0.29, 0.717) is 12.3 Å². The van der Waals surface area contributed by atoms with E-state index in [0.717, 1.165) is 19.4 Å². The molecule has 0 radical (unpaired) electrons. The van der Waals surface area contributed by atoms with Crippen LogP contribution in [0.25, 0.3) is 0 Å². The number of hydrogen-bond acceptors (Lipinski definition) is 2. The smallest absolute Gasteiger partial charge is 0.152 e. The molecule has 0 amide bonds. The van der Waals surface area contributed by atoms with Gasteiger partial charge in [0.05, 0.1) is 6.54 Å². The first kappa shape index (κ1) is 9.25. The molecule has 0 bridgehead atoms. The van der Waals surface area contributed by atoms with Crippen LogP contribution in [0.3, 0.4) is 0 Å². The second kappa shape index (κ2) is 3.82. The molecule has 0 aliphatic carbocycles. The van der Waals surface area contributed by atoms with E-state index < -0.39 is 0 Å². The molecule has 0 aromatic heterocycles. The minimum absolute atomic E-state index is 0.358. The van der Waals surface area contributed by atoms with Crippen molar-refractivity contribution in [1.82, 2.24) is 0 Å². The van der Waals surface area contributed by atoms with Gasteiger partial charge < -0.3 is 4.90 Å². The molecule has 1 aliphatic rings. The lowest BCUT2D eigenvalue weighted by atomic mass is 10.1. The van der Waals surface area contributed by atoms with Gasteiger partial charge in [0.1, 0.15) is 0 Å². The van der Waals surface area contributed by atoms with E-state index in [9.17, 15) is 4.79 Å². The molecule has 2 nitrogen and oxygen atoms in total. The number of Topliss-reactive ketones (excluding diaryl/α,β-unsaturated/α-hetero) is 1. The molecule has 0 N–H and O–H groups in total. The summed E-state index contributed by atoms with van der Waals surface area (Å²) in [5, 5.41) is 0. The SMILES string of the molecule is Cc1ccc(N2CCCC(=O)C2)cc1. The molecular weight excluding hydrogens is 174 g/mol. The molecular formula is C12H15NO. The van der Waals surface area contributed by atoms with Gasteiger partial charge in [-0.25, -0.2) is 0 Å². The van der Waals surface area contributed by atoms with Crippen molar-refractivity contribution in [3.63, 3.8) is 0 Å². The van der Waals surface area contributed by atoms with E-state index in [1.807, 2.05) is 0 Å². The zero-order valence-electron chi connectivity index (χ0n) is 8.49. The number of carbonyl (C=O) groups is 1. The molecule has 2 heteroatoms. The Morgan fingerprint density at radius 2 is 1.93 bits per heavy atom. The van der Waals surface area contributed by atoms with Gasteiger partial charge in [-0.15, -0.1) is 0 Å². The van der Waals surface area contributed by atoms with E-state index in [-0.39, 0.29) is 0 Å². The summed E-state index contributed by atoms with van der Waals surface area (Å²) in [6.45, 7) is 3.67. The Kier molecular flexibility index (Phi) is 2.53. The average Bonchev–Trinajstić information content (AvgIpc) is 2.19. The molecule has 1 saturated heterocycles. The van der Waals surface area contributed by atoms with Gasteiger partial charge in [0, 0.05) is 18.7 Å². The minimum atomic E-state index is 0.358. The minimum Gasteiger partial charge on any atom is -0.364 e. The van der Waals surface area contributed by atoms with Crippen LogP contribution in [0.5, 0.6) is 0 Å². The fourth-order valence-corrected chi connectivity index (χ4v) is 1.81. The molecule has 2 rings (SSSR count). The van der Waals surface area contributed by atoms with Crippen LogP contribution in [0.2, 0.25) is 0 Å². The van der Waals surface area contributed by atoms with Gasteiger partial charge in [-0.1, -0.05) is 17.7 Å². The standard InChI is InChI=1S/C12H15NO/c1-10-4-6-11(7-5-10)13-8-2-3-12(14)9-13/h4-7H,2-3,8-9H2,1H3. The molecule has 1 aromatic carbocycles. The number of rotatable bonds is 1. The summed E-state index contributed by atoms with van der Waals surface area (Å²) in [4.78, 5) is 13.4. The Morgan fingerprint density at radius 3 is 2.57 bits per heavy atom. The van der Waals surface area contributed by atoms with Crippen LogP contribution in [0, 0.1) is 6.92 Å². The van der Waals surface area contributed by atoms with Crippen LogP contribution in [-0.2, 0) is 4.79 Å². The number of anilines is 1. The Balaban J connectivity index is 2.14. The highest BCUT2D eigenvalue weighted by Gasteiger charge is 2.16. The molecule has 1 fully saturated rings. The second-order valence-electron chi connectivity index (χ2n) is 3.90. The van der Waals surface area contributed by atoms with Crippen molar-refractivity contribution in [3.05, 3.63) is 29.8 Å². The first-order valence-corrected chi connectivity index (χ1v) is 5.09. The van der Waals surface area contributed by atoms with Crippen LogP contribution >= 0.6 is 0 Å². The Hall–Kier alpha value is -1.31. The summed E-state index contributed by atoms with van der Waals surface area (Å²) in [7, 11) is 0. The second-order valence-corrected chi connectivity index (χ2v) is 3.90. The van der Waals surface area contributed by atoms with Crippen LogP contribution < -0.4 is 4.90 Å². The lowest BCUT2D eigenvalue weighted by Gasteiger charge is -2.27. The monoisotopic (exact) mass is 189 g/mol. The summed E-state index contributed by atoms with van der Waals surface area (Å²) in [6, 6.07) is 8.37. The number of piperidine rings is 1. The number of ketones is 1. The number of benzene rings is 1. The molecule has 74 valence electrons. The predicted octanol–water partition coefficient (Wildman–Crippen LogP) is 2.16. The van der Waals surface area contributed by atoms with Crippen LogP contribution in [0.15, 0.2) is 24.3 Å². The van der Waals surface area contributed by atoms with Crippen molar-refractivity contribution < 1.29 is 4.79 Å². The number of hydrogen-bond donors (Lipinski definition) is 0. The maximum atomic E-state index is 11.3. The van der Waals surface area contributed by atoms with Crippen molar-refractivity contribution in [2.75, 3.05) is 18.0 Å². The van der Waals surface area contributed by atoms with E-state index in [2.05, 4.69) is 36.1 Å². The molecule has 1 aliphatic heterocycles. The zero-order chi connectivity index (χ0) is 9.97. The number of nitrogens with zero attached hydrogens (tertiary/aromatic N) is 1. The third kappa shape index (κ3) is 1.95.